The van der Waals surface area contributed by atoms with Crippen LogP contribution in [0.4, 0.5) is 13.2 Å². The third-order valence-electron chi connectivity index (χ3n) is 2.90. The lowest BCUT2D eigenvalue weighted by Crippen LogP contribution is -2.34. The van der Waals surface area contributed by atoms with Crippen molar-refractivity contribution in [3.8, 4) is 11.5 Å². The average molecular weight is 277 g/mol. The lowest BCUT2D eigenvalue weighted by molar-refractivity contribution is -0.210. The SMILES string of the molecule is CNC1COc2cc(OCC(O)C(F)(F)F)ccc21. The third-order valence-corrected chi connectivity index (χ3v) is 2.90. The van der Waals surface area contributed by atoms with Gasteiger partial charge in [-0.25, -0.2) is 0 Å². The highest BCUT2D eigenvalue weighted by atomic mass is 19.4. The zero-order valence-corrected chi connectivity index (χ0v) is 10.2. The number of hydrogen-bond acceptors (Lipinski definition) is 4. The Bertz CT molecular complexity index is 450. The van der Waals surface area contributed by atoms with Gasteiger partial charge in [0.25, 0.3) is 0 Å². The number of rotatable bonds is 4. The van der Waals surface area contributed by atoms with E-state index in [1.54, 1.807) is 19.2 Å². The van der Waals surface area contributed by atoms with Gasteiger partial charge < -0.3 is 19.9 Å². The molecule has 0 amide bonds. The first-order valence-corrected chi connectivity index (χ1v) is 5.73. The van der Waals surface area contributed by atoms with E-state index in [1.807, 2.05) is 0 Å². The first kappa shape index (κ1) is 14.0. The van der Waals surface area contributed by atoms with Crippen molar-refractivity contribution in [1.29, 1.82) is 0 Å². The van der Waals surface area contributed by atoms with Crippen LogP contribution >= 0.6 is 0 Å². The maximum atomic E-state index is 12.1. The number of halogens is 3. The topological polar surface area (TPSA) is 50.7 Å². The zero-order valence-electron chi connectivity index (χ0n) is 10.2. The Morgan fingerprint density at radius 1 is 1.53 bits per heavy atom. The van der Waals surface area contributed by atoms with Gasteiger partial charge in [-0.15, -0.1) is 0 Å². The van der Waals surface area contributed by atoms with E-state index in [4.69, 9.17) is 14.6 Å². The number of ether oxygens (including phenoxy) is 2. The minimum absolute atomic E-state index is 0.0739. The number of alkyl halides is 3. The van der Waals surface area contributed by atoms with Crippen LogP contribution in [0.5, 0.6) is 11.5 Å². The number of hydrogen-bond donors (Lipinski definition) is 2. The van der Waals surface area contributed by atoms with Crippen LogP contribution in [0.1, 0.15) is 11.6 Å². The van der Waals surface area contributed by atoms with Crippen LogP contribution in [0.15, 0.2) is 18.2 Å². The molecule has 1 aliphatic rings. The van der Waals surface area contributed by atoms with Crippen LogP contribution in [-0.4, -0.2) is 37.6 Å². The van der Waals surface area contributed by atoms with Crippen LogP contribution in [0.25, 0.3) is 0 Å². The second-order valence-corrected chi connectivity index (χ2v) is 4.22. The molecule has 1 aliphatic heterocycles. The van der Waals surface area contributed by atoms with E-state index in [1.165, 1.54) is 6.07 Å². The smallest absolute Gasteiger partial charge is 0.417 e. The fourth-order valence-corrected chi connectivity index (χ4v) is 1.79. The van der Waals surface area contributed by atoms with Crippen molar-refractivity contribution in [2.24, 2.45) is 0 Å². The maximum Gasteiger partial charge on any atom is 0.417 e. The number of likely N-dealkylation sites (N-methyl/N-ethyl adjacent to an activating group) is 1. The normalized spacial score (nSPS) is 19.7. The molecule has 0 fully saturated rings. The van der Waals surface area contributed by atoms with E-state index in [-0.39, 0.29) is 11.8 Å². The van der Waals surface area contributed by atoms with Crippen molar-refractivity contribution >= 4 is 0 Å². The van der Waals surface area contributed by atoms with Gasteiger partial charge in [0, 0.05) is 11.6 Å². The standard InChI is InChI=1S/C12H14F3NO3/c1-16-9-5-19-10-4-7(2-3-8(9)10)18-6-11(17)12(13,14)15/h2-4,9,11,16-17H,5-6H2,1H3. The molecule has 0 saturated carbocycles. The highest BCUT2D eigenvalue weighted by Crippen LogP contribution is 2.35. The van der Waals surface area contributed by atoms with Crippen molar-refractivity contribution in [3.05, 3.63) is 23.8 Å². The molecule has 0 aromatic heterocycles. The molecule has 2 atom stereocenters. The predicted octanol–water partition coefficient (Wildman–Crippen LogP) is 1.64. The van der Waals surface area contributed by atoms with Gasteiger partial charge in [0.1, 0.15) is 24.7 Å². The molecule has 0 radical (unpaired) electrons. The number of benzene rings is 1. The summed E-state index contributed by atoms with van der Waals surface area (Å²) >= 11 is 0. The first-order chi connectivity index (χ1) is 8.91. The fourth-order valence-electron chi connectivity index (χ4n) is 1.79. The summed E-state index contributed by atoms with van der Waals surface area (Å²) in [6, 6.07) is 4.89. The lowest BCUT2D eigenvalue weighted by atomic mass is 10.1. The molecule has 2 N–H and O–H groups in total. The van der Waals surface area contributed by atoms with E-state index in [0.29, 0.717) is 12.4 Å². The summed E-state index contributed by atoms with van der Waals surface area (Å²) in [5.74, 6) is 0.817. The van der Waals surface area contributed by atoms with Crippen LogP contribution in [0, 0.1) is 0 Å². The zero-order chi connectivity index (χ0) is 14.0. The Labute approximate surface area is 108 Å². The molecule has 4 nitrogen and oxygen atoms in total. The van der Waals surface area contributed by atoms with Crippen LogP contribution in [0.2, 0.25) is 0 Å². The summed E-state index contributed by atoms with van der Waals surface area (Å²) in [5, 5.41) is 11.9. The van der Waals surface area contributed by atoms with Crippen molar-refractivity contribution in [1.82, 2.24) is 5.32 Å². The summed E-state index contributed by atoms with van der Waals surface area (Å²) in [6.45, 7) is -0.363. The van der Waals surface area contributed by atoms with Crippen LogP contribution in [-0.2, 0) is 0 Å². The van der Waals surface area contributed by atoms with Crippen molar-refractivity contribution in [2.45, 2.75) is 18.3 Å². The van der Waals surface area contributed by atoms with Crippen molar-refractivity contribution in [3.63, 3.8) is 0 Å². The van der Waals surface area contributed by atoms with Gasteiger partial charge in [-0.2, -0.15) is 13.2 Å². The largest absolute Gasteiger partial charge is 0.491 e. The number of nitrogens with one attached hydrogen (secondary N) is 1. The number of aliphatic hydroxyl groups is 1. The molecule has 19 heavy (non-hydrogen) atoms. The molecule has 7 heteroatoms. The Morgan fingerprint density at radius 2 is 2.26 bits per heavy atom. The quantitative estimate of drug-likeness (QED) is 0.878. The van der Waals surface area contributed by atoms with Crippen molar-refractivity contribution in [2.75, 3.05) is 20.3 Å². The second kappa shape index (κ2) is 5.26. The minimum Gasteiger partial charge on any atom is -0.491 e. The molecule has 1 aromatic rings. The molecule has 0 aliphatic carbocycles. The van der Waals surface area contributed by atoms with Gasteiger partial charge in [-0.1, -0.05) is 0 Å². The number of aliphatic hydroxyl groups excluding tert-OH is 1. The predicted molar refractivity (Wildman–Crippen MR) is 61.3 cm³/mol. The molecule has 0 bridgehead atoms. The van der Waals surface area contributed by atoms with Gasteiger partial charge in [-0.05, 0) is 19.2 Å². The van der Waals surface area contributed by atoms with Gasteiger partial charge in [0.15, 0.2) is 6.10 Å². The summed E-state index contributed by atoms with van der Waals surface area (Å²) < 4.78 is 46.6. The van der Waals surface area contributed by atoms with Gasteiger partial charge in [0.05, 0.1) is 6.04 Å². The van der Waals surface area contributed by atoms with E-state index in [2.05, 4.69) is 5.32 Å². The molecular weight excluding hydrogens is 263 g/mol. The van der Waals surface area contributed by atoms with E-state index in [0.717, 1.165) is 5.56 Å². The van der Waals surface area contributed by atoms with Gasteiger partial charge in [-0.3, -0.25) is 0 Å². The molecule has 0 spiro atoms. The number of fused-ring (bicyclic) bond motifs is 1. The molecule has 1 heterocycles. The Hall–Kier alpha value is -1.47. The summed E-state index contributed by atoms with van der Waals surface area (Å²) in [5.41, 5.74) is 0.936. The lowest BCUT2D eigenvalue weighted by Gasteiger charge is -2.15. The molecule has 2 unspecified atom stereocenters. The highest BCUT2D eigenvalue weighted by Gasteiger charge is 2.38. The summed E-state index contributed by atoms with van der Waals surface area (Å²) in [4.78, 5) is 0. The minimum atomic E-state index is -4.68. The third kappa shape index (κ3) is 3.10. The van der Waals surface area contributed by atoms with Gasteiger partial charge >= 0.3 is 6.18 Å². The maximum absolute atomic E-state index is 12.1. The summed E-state index contributed by atoms with van der Waals surface area (Å²) in [6.07, 6.45) is -7.17. The molecule has 106 valence electrons. The van der Waals surface area contributed by atoms with E-state index < -0.39 is 18.9 Å². The average Bonchev–Trinajstić information content (AvgIpc) is 2.76. The Balaban J connectivity index is 2.00. The monoisotopic (exact) mass is 277 g/mol. The molecule has 1 aromatic carbocycles. The second-order valence-electron chi connectivity index (χ2n) is 4.22. The van der Waals surface area contributed by atoms with Gasteiger partial charge in [0.2, 0.25) is 0 Å². The summed E-state index contributed by atoms with van der Waals surface area (Å²) in [7, 11) is 1.80. The van der Waals surface area contributed by atoms with E-state index in [9.17, 15) is 13.2 Å². The molecular formula is C12H14F3NO3. The van der Waals surface area contributed by atoms with Crippen LogP contribution in [0.3, 0.4) is 0 Å². The Kier molecular flexibility index (Phi) is 3.86. The molecule has 2 rings (SSSR count). The highest BCUT2D eigenvalue weighted by molar-refractivity contribution is 5.44. The van der Waals surface area contributed by atoms with Crippen LogP contribution < -0.4 is 14.8 Å². The first-order valence-electron chi connectivity index (χ1n) is 5.73. The fraction of sp³-hybridized carbons (Fsp3) is 0.500. The molecule has 0 saturated heterocycles. The van der Waals surface area contributed by atoms with E-state index >= 15 is 0 Å². The Morgan fingerprint density at radius 3 is 2.89 bits per heavy atom. The van der Waals surface area contributed by atoms with Crippen molar-refractivity contribution < 1.29 is 27.8 Å².